The molecule has 0 aliphatic rings. The molecule has 0 aliphatic heterocycles. The Morgan fingerprint density at radius 1 is 1.25 bits per heavy atom. The van der Waals surface area contributed by atoms with E-state index in [1.165, 1.54) is 18.3 Å². The molecule has 0 atom stereocenters. The van der Waals surface area contributed by atoms with Gasteiger partial charge in [0.1, 0.15) is 11.6 Å². The summed E-state index contributed by atoms with van der Waals surface area (Å²) in [6.07, 6.45) is 4.20. The van der Waals surface area contributed by atoms with Crippen molar-refractivity contribution in [2.75, 3.05) is 12.3 Å². The molecule has 0 saturated heterocycles. The number of ether oxygens (including phenoxy) is 1. The quantitative estimate of drug-likeness (QED) is 0.539. The monoisotopic (exact) mass is 381 g/mol. The van der Waals surface area contributed by atoms with Gasteiger partial charge < -0.3 is 20.0 Å². The van der Waals surface area contributed by atoms with Gasteiger partial charge in [-0.2, -0.15) is 9.97 Å². The Morgan fingerprint density at radius 2 is 2.11 bits per heavy atom. The Kier molecular flexibility index (Phi) is 4.44. The highest BCUT2D eigenvalue weighted by Gasteiger charge is 2.19. The van der Waals surface area contributed by atoms with Crippen LogP contribution in [0, 0.1) is 5.82 Å². The maximum absolute atomic E-state index is 13.7. The third-order valence-electron chi connectivity index (χ3n) is 4.03. The van der Waals surface area contributed by atoms with Crippen LogP contribution < -0.4 is 16.0 Å². The number of hydrogen-bond acceptors (Lipinski definition) is 7. The minimum atomic E-state index is -0.491. The average Bonchev–Trinajstić information content (AvgIpc) is 3.03. The first kappa shape index (κ1) is 17.6. The molecule has 0 aliphatic carbocycles. The van der Waals surface area contributed by atoms with Gasteiger partial charge in [-0.3, -0.25) is 9.78 Å². The van der Waals surface area contributed by atoms with E-state index in [4.69, 9.17) is 10.5 Å². The molecule has 0 aromatic carbocycles. The van der Waals surface area contributed by atoms with Gasteiger partial charge in [0.2, 0.25) is 5.56 Å². The first-order valence-electron chi connectivity index (χ1n) is 8.50. The van der Waals surface area contributed by atoms with Crippen molar-refractivity contribution in [3.63, 3.8) is 0 Å². The van der Waals surface area contributed by atoms with Crippen molar-refractivity contribution in [2.45, 2.75) is 13.5 Å². The number of aromatic nitrogens is 6. The van der Waals surface area contributed by atoms with Crippen LogP contribution in [-0.4, -0.2) is 36.1 Å². The van der Waals surface area contributed by atoms with Crippen LogP contribution in [0.5, 0.6) is 6.01 Å². The maximum atomic E-state index is 13.7. The Labute approximate surface area is 158 Å². The van der Waals surface area contributed by atoms with Gasteiger partial charge in [0, 0.05) is 24.0 Å². The third-order valence-corrected chi connectivity index (χ3v) is 4.03. The van der Waals surface area contributed by atoms with E-state index in [9.17, 15) is 9.18 Å². The smallest absolute Gasteiger partial charge is 0.320 e. The molecule has 0 radical (unpaired) electrons. The Morgan fingerprint density at radius 3 is 2.82 bits per heavy atom. The number of imidazole rings is 1. The van der Waals surface area contributed by atoms with Gasteiger partial charge in [0.15, 0.2) is 17.0 Å². The summed E-state index contributed by atoms with van der Waals surface area (Å²) in [5.74, 6) is 0.0799. The van der Waals surface area contributed by atoms with E-state index in [0.717, 1.165) is 11.8 Å². The molecule has 0 fully saturated rings. The molecule has 28 heavy (non-hydrogen) atoms. The number of anilines is 1. The second-order valence-corrected chi connectivity index (χ2v) is 5.97. The predicted molar refractivity (Wildman–Crippen MR) is 100 cm³/mol. The first-order chi connectivity index (χ1) is 13.5. The normalized spacial score (nSPS) is 11.1. The molecule has 0 amide bonds. The summed E-state index contributed by atoms with van der Waals surface area (Å²) in [5, 5.41) is 0. The second-order valence-electron chi connectivity index (χ2n) is 5.97. The van der Waals surface area contributed by atoms with Crippen LogP contribution in [0.2, 0.25) is 0 Å². The summed E-state index contributed by atoms with van der Waals surface area (Å²) in [6.45, 7) is 2.49. The summed E-state index contributed by atoms with van der Waals surface area (Å²) >= 11 is 0. The van der Waals surface area contributed by atoms with Crippen molar-refractivity contribution in [1.82, 2.24) is 29.5 Å². The van der Waals surface area contributed by atoms with E-state index < -0.39 is 5.82 Å². The lowest BCUT2D eigenvalue weighted by Crippen LogP contribution is -2.08. The van der Waals surface area contributed by atoms with E-state index in [-0.39, 0.29) is 17.4 Å². The number of H-pyrrole nitrogens is 1. The fourth-order valence-corrected chi connectivity index (χ4v) is 2.82. The predicted octanol–water partition coefficient (Wildman–Crippen LogP) is 1.74. The topological polar surface area (TPSA) is 125 Å². The number of nitrogens with one attached hydrogen (secondary N) is 1. The summed E-state index contributed by atoms with van der Waals surface area (Å²) in [7, 11) is 0. The van der Waals surface area contributed by atoms with Crippen LogP contribution in [-0.2, 0) is 6.54 Å². The van der Waals surface area contributed by atoms with Crippen molar-refractivity contribution in [3.8, 4) is 17.4 Å². The van der Waals surface area contributed by atoms with E-state index in [2.05, 4.69) is 24.9 Å². The lowest BCUT2D eigenvalue weighted by atomic mass is 10.2. The summed E-state index contributed by atoms with van der Waals surface area (Å²) in [4.78, 5) is 30.9. The molecule has 4 rings (SSSR count). The molecule has 4 aromatic rings. The lowest BCUT2D eigenvalue weighted by molar-refractivity contribution is 0.314. The van der Waals surface area contributed by atoms with Gasteiger partial charge in [0.25, 0.3) is 0 Å². The fraction of sp³-hybridized carbons (Fsp3) is 0.167. The molecular weight excluding hydrogens is 365 g/mol. The molecule has 0 bridgehead atoms. The standard InChI is InChI=1S/C18H16FN7O2/c1-2-28-18-24-15(20)14-17(25-18)26(9-10-3-4-13(27)22-6-10)16(23-14)11-5-12(19)8-21-7-11/h3-8H,2,9H2,1H3,(H,22,27)(H2,20,24,25). The fourth-order valence-electron chi connectivity index (χ4n) is 2.82. The van der Waals surface area contributed by atoms with E-state index in [1.54, 1.807) is 16.8 Å². The Bertz CT molecular complexity index is 1200. The van der Waals surface area contributed by atoms with Gasteiger partial charge in [0.05, 0.1) is 19.3 Å². The zero-order valence-electron chi connectivity index (χ0n) is 14.9. The minimum Gasteiger partial charge on any atom is -0.464 e. The summed E-state index contributed by atoms with van der Waals surface area (Å²) in [5.41, 5.74) is 7.89. The molecule has 9 nitrogen and oxygen atoms in total. The largest absolute Gasteiger partial charge is 0.464 e. The van der Waals surface area contributed by atoms with Gasteiger partial charge in [-0.05, 0) is 18.6 Å². The van der Waals surface area contributed by atoms with Crippen LogP contribution in [0.4, 0.5) is 10.2 Å². The van der Waals surface area contributed by atoms with Crippen LogP contribution in [0.15, 0.2) is 41.6 Å². The molecular formula is C18H16FN7O2. The van der Waals surface area contributed by atoms with Crippen molar-refractivity contribution in [3.05, 3.63) is 58.5 Å². The number of aromatic amines is 1. The molecule has 0 spiro atoms. The van der Waals surface area contributed by atoms with Crippen molar-refractivity contribution >= 4 is 17.0 Å². The van der Waals surface area contributed by atoms with Crippen molar-refractivity contribution in [1.29, 1.82) is 0 Å². The van der Waals surface area contributed by atoms with Crippen LogP contribution in [0.25, 0.3) is 22.6 Å². The number of pyridine rings is 2. The SMILES string of the molecule is CCOc1nc(N)c2nc(-c3cncc(F)c3)n(Cc3ccc(=O)[nH]c3)c2n1. The van der Waals surface area contributed by atoms with E-state index >= 15 is 0 Å². The molecule has 10 heteroatoms. The van der Waals surface area contributed by atoms with E-state index in [0.29, 0.717) is 35.7 Å². The van der Waals surface area contributed by atoms with Gasteiger partial charge in [-0.15, -0.1) is 0 Å². The van der Waals surface area contributed by atoms with Gasteiger partial charge >= 0.3 is 6.01 Å². The highest BCUT2D eigenvalue weighted by Crippen LogP contribution is 2.28. The first-order valence-corrected chi connectivity index (χ1v) is 8.50. The number of nitrogens with zero attached hydrogens (tertiary/aromatic N) is 5. The zero-order chi connectivity index (χ0) is 19.7. The zero-order valence-corrected chi connectivity index (χ0v) is 14.9. The van der Waals surface area contributed by atoms with E-state index in [1.807, 2.05) is 6.92 Å². The maximum Gasteiger partial charge on any atom is 0.320 e. The minimum absolute atomic E-state index is 0.124. The molecule has 0 unspecified atom stereocenters. The number of rotatable bonds is 5. The van der Waals surface area contributed by atoms with Crippen LogP contribution >= 0.6 is 0 Å². The summed E-state index contributed by atoms with van der Waals surface area (Å²) < 4.78 is 20.9. The number of hydrogen-bond donors (Lipinski definition) is 2. The van der Waals surface area contributed by atoms with Crippen LogP contribution in [0.1, 0.15) is 12.5 Å². The Balaban J connectivity index is 1.94. The number of nitrogens with two attached hydrogens (primary N) is 1. The number of nitrogen functional groups attached to an aromatic ring is 1. The van der Waals surface area contributed by atoms with Crippen molar-refractivity contribution < 1.29 is 9.13 Å². The number of fused-ring (bicyclic) bond motifs is 1. The Hall–Kier alpha value is -3.82. The lowest BCUT2D eigenvalue weighted by Gasteiger charge is -2.09. The highest BCUT2D eigenvalue weighted by atomic mass is 19.1. The van der Waals surface area contributed by atoms with Gasteiger partial charge in [-0.1, -0.05) is 6.07 Å². The molecule has 4 heterocycles. The third kappa shape index (κ3) is 3.27. The van der Waals surface area contributed by atoms with Crippen LogP contribution in [0.3, 0.4) is 0 Å². The van der Waals surface area contributed by atoms with Crippen molar-refractivity contribution in [2.24, 2.45) is 0 Å². The molecule has 3 N–H and O–H groups in total. The number of halogens is 1. The molecule has 142 valence electrons. The highest BCUT2D eigenvalue weighted by molar-refractivity contribution is 5.85. The van der Waals surface area contributed by atoms with Gasteiger partial charge in [-0.25, -0.2) is 9.37 Å². The molecule has 0 saturated carbocycles. The second kappa shape index (κ2) is 7.06. The summed E-state index contributed by atoms with van der Waals surface area (Å²) in [6, 6.07) is 4.56. The molecule has 4 aromatic heterocycles. The average molecular weight is 381 g/mol.